The first-order chi connectivity index (χ1) is 8.88. The van der Waals surface area contributed by atoms with Gasteiger partial charge in [-0.15, -0.1) is 0 Å². The van der Waals surface area contributed by atoms with Crippen LogP contribution in [0.2, 0.25) is 0 Å². The highest BCUT2D eigenvalue weighted by atomic mass is 19.1. The average molecular weight is 258 g/mol. The highest BCUT2D eigenvalue weighted by Crippen LogP contribution is 2.26. The van der Waals surface area contributed by atoms with Crippen molar-refractivity contribution in [1.29, 1.82) is 0 Å². The van der Waals surface area contributed by atoms with Gasteiger partial charge < -0.3 is 5.11 Å². The second-order valence-corrected chi connectivity index (χ2v) is 5.83. The van der Waals surface area contributed by atoms with E-state index >= 15 is 0 Å². The Kier molecular flexibility index (Phi) is 3.72. The summed E-state index contributed by atoms with van der Waals surface area (Å²) in [7, 11) is 0. The van der Waals surface area contributed by atoms with E-state index in [9.17, 15) is 9.50 Å². The molecule has 0 aliphatic rings. The van der Waals surface area contributed by atoms with Crippen LogP contribution in [0.4, 0.5) is 4.39 Å². The first-order valence-electron chi connectivity index (χ1n) is 6.42. The Hall–Kier alpha value is -1.67. The summed E-state index contributed by atoms with van der Waals surface area (Å²) in [5.41, 5.74) is 2.84. The molecule has 2 heteroatoms. The normalized spacial score (nSPS) is 13.3. The largest absolute Gasteiger partial charge is 0.384 e. The molecule has 2 aromatic carbocycles. The molecule has 0 saturated heterocycles. The van der Waals surface area contributed by atoms with E-state index in [1.807, 2.05) is 24.3 Å². The molecular weight excluding hydrogens is 239 g/mol. The van der Waals surface area contributed by atoms with Crippen molar-refractivity contribution in [1.82, 2.24) is 0 Å². The van der Waals surface area contributed by atoms with Crippen molar-refractivity contribution in [2.24, 2.45) is 0 Å². The first kappa shape index (κ1) is 13.8. The fourth-order valence-corrected chi connectivity index (χ4v) is 2.00. The summed E-state index contributed by atoms with van der Waals surface area (Å²) < 4.78 is 12.9. The third-order valence-corrected chi connectivity index (χ3v) is 3.28. The Balaban J connectivity index is 2.25. The van der Waals surface area contributed by atoms with E-state index in [4.69, 9.17) is 0 Å². The molecule has 0 aromatic heterocycles. The predicted molar refractivity (Wildman–Crippen MR) is 75.6 cm³/mol. The van der Waals surface area contributed by atoms with E-state index in [1.165, 1.54) is 17.7 Å². The van der Waals surface area contributed by atoms with Crippen molar-refractivity contribution in [3.05, 3.63) is 71.0 Å². The van der Waals surface area contributed by atoms with Gasteiger partial charge in [-0.1, -0.05) is 57.2 Å². The van der Waals surface area contributed by atoms with Crippen molar-refractivity contribution in [2.45, 2.75) is 32.3 Å². The lowest BCUT2D eigenvalue weighted by Crippen LogP contribution is -2.11. The highest BCUT2D eigenvalue weighted by Gasteiger charge is 2.15. The van der Waals surface area contributed by atoms with Gasteiger partial charge in [0.1, 0.15) is 11.9 Å². The van der Waals surface area contributed by atoms with Crippen LogP contribution in [0.5, 0.6) is 0 Å². The molecule has 0 unspecified atom stereocenters. The van der Waals surface area contributed by atoms with Gasteiger partial charge in [0, 0.05) is 0 Å². The average Bonchev–Trinajstić information content (AvgIpc) is 2.38. The minimum atomic E-state index is -0.713. The minimum Gasteiger partial charge on any atom is -0.384 e. The quantitative estimate of drug-likeness (QED) is 0.855. The lowest BCUT2D eigenvalue weighted by molar-refractivity contribution is 0.220. The predicted octanol–water partition coefficient (Wildman–Crippen LogP) is 4.20. The van der Waals surface area contributed by atoms with E-state index in [2.05, 4.69) is 20.8 Å². The molecule has 1 nitrogen and oxygen atoms in total. The Labute approximate surface area is 113 Å². The lowest BCUT2D eigenvalue weighted by atomic mass is 9.86. The number of hydrogen-bond donors (Lipinski definition) is 1. The molecule has 0 bridgehead atoms. The third kappa shape index (κ3) is 3.21. The standard InChI is InChI=1S/C17H19FO/c1-17(2,3)14-8-4-12(5-9-14)16(19)13-6-10-15(18)11-7-13/h4-11,16,19H,1-3H3/t16-/m0/s1. The van der Waals surface area contributed by atoms with Gasteiger partial charge >= 0.3 is 0 Å². The topological polar surface area (TPSA) is 20.2 Å². The zero-order valence-electron chi connectivity index (χ0n) is 11.5. The van der Waals surface area contributed by atoms with Gasteiger partial charge in [-0.25, -0.2) is 4.39 Å². The smallest absolute Gasteiger partial charge is 0.123 e. The van der Waals surface area contributed by atoms with Crippen LogP contribution in [0.1, 0.15) is 43.6 Å². The molecule has 0 aliphatic heterocycles. The summed E-state index contributed by atoms with van der Waals surface area (Å²) in [5, 5.41) is 10.3. The number of rotatable bonds is 2. The molecule has 1 atom stereocenters. The summed E-state index contributed by atoms with van der Waals surface area (Å²) in [6.45, 7) is 6.45. The van der Waals surface area contributed by atoms with Gasteiger partial charge in [0.2, 0.25) is 0 Å². The van der Waals surface area contributed by atoms with Crippen molar-refractivity contribution >= 4 is 0 Å². The van der Waals surface area contributed by atoms with E-state index in [-0.39, 0.29) is 11.2 Å². The molecule has 2 rings (SSSR count). The van der Waals surface area contributed by atoms with Crippen LogP contribution >= 0.6 is 0 Å². The van der Waals surface area contributed by atoms with Crippen LogP contribution in [-0.4, -0.2) is 5.11 Å². The van der Waals surface area contributed by atoms with Crippen LogP contribution in [0.15, 0.2) is 48.5 Å². The summed E-state index contributed by atoms with van der Waals surface area (Å²) in [6, 6.07) is 13.9. The number of hydrogen-bond acceptors (Lipinski definition) is 1. The fraction of sp³-hybridized carbons (Fsp3) is 0.294. The van der Waals surface area contributed by atoms with Crippen LogP contribution in [0, 0.1) is 5.82 Å². The molecule has 19 heavy (non-hydrogen) atoms. The molecule has 0 spiro atoms. The van der Waals surface area contributed by atoms with Gasteiger partial charge in [-0.2, -0.15) is 0 Å². The second kappa shape index (κ2) is 5.14. The van der Waals surface area contributed by atoms with Crippen LogP contribution in [-0.2, 0) is 5.41 Å². The second-order valence-electron chi connectivity index (χ2n) is 5.83. The summed E-state index contributed by atoms with van der Waals surface area (Å²) >= 11 is 0. The Morgan fingerprint density at radius 3 is 1.68 bits per heavy atom. The van der Waals surface area contributed by atoms with Crippen molar-refractivity contribution in [2.75, 3.05) is 0 Å². The Bertz CT molecular complexity index is 535. The SMILES string of the molecule is CC(C)(C)c1ccc([C@H](O)c2ccc(F)cc2)cc1. The van der Waals surface area contributed by atoms with Crippen LogP contribution < -0.4 is 0 Å². The van der Waals surface area contributed by atoms with E-state index in [0.717, 1.165) is 5.56 Å². The number of aliphatic hydroxyl groups is 1. The van der Waals surface area contributed by atoms with Crippen LogP contribution in [0.3, 0.4) is 0 Å². The lowest BCUT2D eigenvalue weighted by Gasteiger charge is -2.20. The molecule has 0 radical (unpaired) electrons. The third-order valence-electron chi connectivity index (χ3n) is 3.28. The summed E-state index contributed by atoms with van der Waals surface area (Å²) in [5.74, 6) is -0.293. The maximum absolute atomic E-state index is 12.9. The number of aliphatic hydroxyl groups excluding tert-OH is 1. The van der Waals surface area contributed by atoms with Gasteiger partial charge in [0.25, 0.3) is 0 Å². The first-order valence-corrected chi connectivity index (χ1v) is 6.42. The molecule has 100 valence electrons. The maximum Gasteiger partial charge on any atom is 0.123 e. The van der Waals surface area contributed by atoms with Gasteiger partial charge in [-0.05, 0) is 34.2 Å². The highest BCUT2D eigenvalue weighted by molar-refractivity contribution is 5.33. The molecule has 1 N–H and O–H groups in total. The molecule has 0 aliphatic carbocycles. The monoisotopic (exact) mass is 258 g/mol. The van der Waals surface area contributed by atoms with E-state index < -0.39 is 6.10 Å². The van der Waals surface area contributed by atoms with Crippen molar-refractivity contribution < 1.29 is 9.50 Å². The van der Waals surface area contributed by atoms with Gasteiger partial charge in [-0.3, -0.25) is 0 Å². The van der Waals surface area contributed by atoms with E-state index in [0.29, 0.717) is 5.56 Å². The van der Waals surface area contributed by atoms with Gasteiger partial charge in [0.05, 0.1) is 0 Å². The summed E-state index contributed by atoms with van der Waals surface area (Å²) in [6.07, 6.45) is -0.713. The molecule has 2 aromatic rings. The Morgan fingerprint density at radius 2 is 1.26 bits per heavy atom. The van der Waals surface area contributed by atoms with Gasteiger partial charge in [0.15, 0.2) is 0 Å². The molecule has 0 amide bonds. The number of benzene rings is 2. The van der Waals surface area contributed by atoms with E-state index in [1.54, 1.807) is 12.1 Å². The minimum absolute atomic E-state index is 0.0966. The molecular formula is C17H19FO. The number of halogens is 1. The van der Waals surface area contributed by atoms with Crippen molar-refractivity contribution in [3.63, 3.8) is 0 Å². The Morgan fingerprint density at radius 1 is 0.842 bits per heavy atom. The molecule has 0 saturated carbocycles. The fourth-order valence-electron chi connectivity index (χ4n) is 2.00. The van der Waals surface area contributed by atoms with Crippen molar-refractivity contribution in [3.8, 4) is 0 Å². The molecule has 0 heterocycles. The maximum atomic E-state index is 12.9. The summed E-state index contributed by atoms with van der Waals surface area (Å²) in [4.78, 5) is 0. The zero-order chi connectivity index (χ0) is 14.0. The zero-order valence-corrected chi connectivity index (χ0v) is 11.5. The van der Waals surface area contributed by atoms with Crippen LogP contribution in [0.25, 0.3) is 0 Å². The molecule has 0 fully saturated rings.